The van der Waals surface area contributed by atoms with Gasteiger partial charge in [0.2, 0.25) is 0 Å². The highest BCUT2D eigenvalue weighted by Gasteiger charge is 2.59. The summed E-state index contributed by atoms with van der Waals surface area (Å²) in [7, 11) is 0. The van der Waals surface area contributed by atoms with E-state index in [0.29, 0.717) is 13.1 Å². The summed E-state index contributed by atoms with van der Waals surface area (Å²) in [5.74, 6) is -1.62. The van der Waals surface area contributed by atoms with Crippen LogP contribution in [0.15, 0.2) is 66.9 Å². The van der Waals surface area contributed by atoms with E-state index in [4.69, 9.17) is 4.98 Å². The first-order valence-corrected chi connectivity index (χ1v) is 9.76. The maximum absolute atomic E-state index is 13.2. The second-order valence-electron chi connectivity index (χ2n) is 7.38. The molecule has 2 heterocycles. The number of fused-ring (bicyclic) bond motifs is 1. The predicted octanol–water partition coefficient (Wildman–Crippen LogP) is 4.13. The van der Waals surface area contributed by atoms with Gasteiger partial charge in [-0.25, -0.2) is 13.8 Å². The number of para-hydroxylation sites is 3. The van der Waals surface area contributed by atoms with Gasteiger partial charge in [-0.1, -0.05) is 30.3 Å². The van der Waals surface area contributed by atoms with Crippen LogP contribution in [0.2, 0.25) is 0 Å². The fraction of sp³-hybridized carbons (Fsp3) is 0.273. The molecular formula is C22H21F2N5. The van der Waals surface area contributed by atoms with Crippen molar-refractivity contribution in [1.82, 2.24) is 24.6 Å². The molecule has 0 spiro atoms. The molecule has 1 unspecified atom stereocenters. The highest BCUT2D eigenvalue weighted by Crippen LogP contribution is 2.52. The molecule has 5 rings (SSSR count). The first-order chi connectivity index (χ1) is 14.1. The Balaban J connectivity index is 1.27. The van der Waals surface area contributed by atoms with Crippen molar-refractivity contribution in [2.24, 2.45) is 0 Å². The molecule has 1 aliphatic rings. The molecule has 0 saturated heterocycles. The topological polar surface area (TPSA) is 47.7 Å². The van der Waals surface area contributed by atoms with E-state index in [1.54, 1.807) is 12.3 Å². The van der Waals surface area contributed by atoms with Crippen molar-refractivity contribution in [3.05, 3.63) is 78.4 Å². The van der Waals surface area contributed by atoms with Crippen LogP contribution in [-0.2, 0) is 13.0 Å². The van der Waals surface area contributed by atoms with Crippen molar-refractivity contribution < 1.29 is 8.78 Å². The number of benzene rings is 2. The van der Waals surface area contributed by atoms with E-state index >= 15 is 0 Å². The zero-order valence-electron chi connectivity index (χ0n) is 15.8. The van der Waals surface area contributed by atoms with E-state index < -0.39 is 12.0 Å². The minimum Gasteiger partial charge on any atom is -0.311 e. The Hall–Kier alpha value is -3.06. The summed E-state index contributed by atoms with van der Waals surface area (Å²) in [5, 5.41) is 7.62. The van der Waals surface area contributed by atoms with Crippen molar-refractivity contribution in [2.75, 3.05) is 6.54 Å². The quantitative estimate of drug-likeness (QED) is 0.480. The summed E-state index contributed by atoms with van der Waals surface area (Å²) in [6.45, 7) is 1.25. The molecule has 0 bridgehead atoms. The van der Waals surface area contributed by atoms with Gasteiger partial charge in [0.15, 0.2) is 0 Å². The molecule has 2 aromatic carbocycles. The molecule has 5 nitrogen and oxygen atoms in total. The van der Waals surface area contributed by atoms with Gasteiger partial charge >= 0.3 is 0 Å². The lowest BCUT2D eigenvalue weighted by molar-refractivity contribution is 0.0982. The number of imidazole rings is 1. The molecule has 1 N–H and O–H groups in total. The largest absolute Gasteiger partial charge is 0.311 e. The lowest BCUT2D eigenvalue weighted by atomic mass is 10.2. The molecule has 1 fully saturated rings. The van der Waals surface area contributed by atoms with Gasteiger partial charge in [-0.3, -0.25) is 9.25 Å². The first-order valence-electron chi connectivity index (χ1n) is 9.76. The number of hydrogen-bond donors (Lipinski definition) is 1. The minimum absolute atomic E-state index is 0.114. The average molecular weight is 393 g/mol. The molecule has 29 heavy (non-hydrogen) atoms. The van der Waals surface area contributed by atoms with Gasteiger partial charge in [-0.05, 0) is 30.3 Å². The van der Waals surface area contributed by atoms with Crippen molar-refractivity contribution in [3.8, 4) is 5.69 Å². The molecule has 0 radical (unpaired) electrons. The van der Waals surface area contributed by atoms with Crippen molar-refractivity contribution in [2.45, 2.75) is 31.4 Å². The predicted molar refractivity (Wildman–Crippen MR) is 107 cm³/mol. The van der Waals surface area contributed by atoms with E-state index in [9.17, 15) is 8.78 Å². The van der Waals surface area contributed by atoms with Gasteiger partial charge in [0.1, 0.15) is 11.9 Å². The normalized spacial score (nSPS) is 17.7. The van der Waals surface area contributed by atoms with E-state index in [0.717, 1.165) is 34.7 Å². The van der Waals surface area contributed by atoms with Gasteiger partial charge < -0.3 is 5.32 Å². The van der Waals surface area contributed by atoms with Gasteiger partial charge in [-0.15, -0.1) is 0 Å². The Morgan fingerprint density at radius 2 is 1.79 bits per heavy atom. The molecule has 7 heteroatoms. The maximum Gasteiger partial charge on any atom is 0.272 e. The molecular weight excluding hydrogens is 372 g/mol. The van der Waals surface area contributed by atoms with E-state index in [2.05, 4.69) is 33.2 Å². The SMILES string of the molecule is FC1(F)CC1n1ccc(CNCCc2nc3ccccc3n2-c2ccccc2)n1. The summed E-state index contributed by atoms with van der Waals surface area (Å²) >= 11 is 0. The van der Waals surface area contributed by atoms with Crippen LogP contribution < -0.4 is 5.32 Å². The number of nitrogens with zero attached hydrogens (tertiary/aromatic N) is 4. The van der Waals surface area contributed by atoms with Crippen LogP contribution in [-0.4, -0.2) is 31.8 Å². The maximum atomic E-state index is 13.2. The van der Waals surface area contributed by atoms with Crippen LogP contribution in [0.4, 0.5) is 8.78 Å². The summed E-state index contributed by atoms with van der Waals surface area (Å²) in [6.07, 6.45) is 2.26. The number of halogens is 2. The Kier molecular flexibility index (Phi) is 4.39. The molecule has 1 saturated carbocycles. The molecule has 1 aliphatic carbocycles. The van der Waals surface area contributed by atoms with Gasteiger partial charge in [0, 0.05) is 37.8 Å². The number of alkyl halides is 2. The zero-order chi connectivity index (χ0) is 19.8. The zero-order valence-corrected chi connectivity index (χ0v) is 15.8. The third kappa shape index (κ3) is 3.53. The minimum atomic E-state index is -2.60. The monoisotopic (exact) mass is 393 g/mol. The first kappa shape index (κ1) is 18.0. The highest BCUT2D eigenvalue weighted by molar-refractivity contribution is 5.78. The van der Waals surface area contributed by atoms with Crippen LogP contribution in [0.5, 0.6) is 0 Å². The van der Waals surface area contributed by atoms with Crippen LogP contribution in [0, 0.1) is 0 Å². The fourth-order valence-corrected chi connectivity index (χ4v) is 3.66. The van der Waals surface area contributed by atoms with Gasteiger partial charge in [0.25, 0.3) is 5.92 Å². The van der Waals surface area contributed by atoms with E-state index in [1.165, 1.54) is 4.68 Å². The number of rotatable bonds is 7. The lowest BCUT2D eigenvalue weighted by Crippen LogP contribution is -2.19. The number of aromatic nitrogens is 4. The van der Waals surface area contributed by atoms with Crippen molar-refractivity contribution in [3.63, 3.8) is 0 Å². The molecule has 2 aromatic heterocycles. The van der Waals surface area contributed by atoms with Gasteiger partial charge in [-0.2, -0.15) is 5.10 Å². The second kappa shape index (κ2) is 7.08. The third-order valence-electron chi connectivity index (χ3n) is 5.25. The Bertz CT molecular complexity index is 1130. The van der Waals surface area contributed by atoms with Crippen LogP contribution in [0.1, 0.15) is 24.0 Å². The molecule has 1 atom stereocenters. The second-order valence-corrected chi connectivity index (χ2v) is 7.38. The van der Waals surface area contributed by atoms with Crippen molar-refractivity contribution >= 4 is 11.0 Å². The number of nitrogens with one attached hydrogen (secondary N) is 1. The van der Waals surface area contributed by atoms with E-state index in [-0.39, 0.29) is 6.42 Å². The fourth-order valence-electron chi connectivity index (χ4n) is 3.66. The molecule has 0 amide bonds. The smallest absolute Gasteiger partial charge is 0.272 e. The summed E-state index contributed by atoms with van der Waals surface area (Å²) in [4.78, 5) is 4.81. The summed E-state index contributed by atoms with van der Waals surface area (Å²) < 4.78 is 29.9. The lowest BCUT2D eigenvalue weighted by Gasteiger charge is -2.09. The Morgan fingerprint density at radius 3 is 2.59 bits per heavy atom. The third-order valence-corrected chi connectivity index (χ3v) is 5.25. The Labute approximate surface area is 167 Å². The molecule has 148 valence electrons. The van der Waals surface area contributed by atoms with Crippen molar-refractivity contribution in [1.29, 1.82) is 0 Å². The Morgan fingerprint density at radius 1 is 1.03 bits per heavy atom. The average Bonchev–Trinajstić information content (AvgIpc) is 3.09. The molecule has 4 aromatic rings. The van der Waals surface area contributed by atoms with Crippen LogP contribution >= 0.6 is 0 Å². The van der Waals surface area contributed by atoms with E-state index in [1.807, 2.05) is 36.4 Å². The molecule has 0 aliphatic heterocycles. The highest BCUT2D eigenvalue weighted by atomic mass is 19.3. The summed E-state index contributed by atoms with van der Waals surface area (Å²) in [6, 6.07) is 19.3. The standard InChI is InChI=1S/C22H21F2N5/c23-22(24)14-20(22)28-13-11-16(27-28)15-25-12-10-21-26-18-8-4-5-9-19(18)29(21)17-6-2-1-3-7-17/h1-9,11,13,20,25H,10,12,14-15H2. The van der Waals surface area contributed by atoms with Crippen LogP contribution in [0.3, 0.4) is 0 Å². The number of hydrogen-bond acceptors (Lipinski definition) is 3. The van der Waals surface area contributed by atoms with Gasteiger partial charge in [0.05, 0.1) is 16.7 Å². The summed E-state index contributed by atoms with van der Waals surface area (Å²) in [5.41, 5.74) is 3.90. The van der Waals surface area contributed by atoms with Crippen LogP contribution in [0.25, 0.3) is 16.7 Å².